The van der Waals surface area contributed by atoms with E-state index in [1.165, 1.54) is 5.56 Å². The molecule has 0 radical (unpaired) electrons. The minimum Gasteiger partial charge on any atom is -0.508 e. The van der Waals surface area contributed by atoms with Crippen LogP contribution in [0.25, 0.3) is 0 Å². The Morgan fingerprint density at radius 1 is 0.486 bits per heavy atom. The number of phenols is 3. The van der Waals surface area contributed by atoms with Gasteiger partial charge in [-0.05, 0) is 90.4 Å². The highest BCUT2D eigenvalue weighted by Gasteiger charge is 2.33. The van der Waals surface area contributed by atoms with Gasteiger partial charge in [-0.25, -0.2) is 0 Å². The van der Waals surface area contributed by atoms with Crippen LogP contribution in [0.15, 0.2) is 78.9 Å². The first-order valence-corrected chi connectivity index (χ1v) is 12.0. The minimum atomic E-state index is -0.486. The van der Waals surface area contributed by atoms with Gasteiger partial charge in [0.2, 0.25) is 0 Å². The fraction of sp³-hybridized carbons (Fsp3) is 0.250. The first-order valence-electron chi connectivity index (χ1n) is 12.0. The molecule has 0 aliphatic rings. The molecule has 0 saturated carbocycles. The molecule has 0 heterocycles. The van der Waals surface area contributed by atoms with Crippen LogP contribution in [0.3, 0.4) is 0 Å². The summed E-state index contributed by atoms with van der Waals surface area (Å²) in [7, 11) is 0. The van der Waals surface area contributed by atoms with E-state index in [-0.39, 0.29) is 16.9 Å². The third kappa shape index (κ3) is 4.27. The lowest BCUT2D eigenvalue weighted by Gasteiger charge is -2.33. The molecule has 3 heteroatoms. The third-order valence-electron chi connectivity index (χ3n) is 7.62. The van der Waals surface area contributed by atoms with E-state index in [4.69, 9.17) is 0 Å². The molecule has 0 saturated heterocycles. The van der Waals surface area contributed by atoms with Crippen LogP contribution in [0.1, 0.15) is 65.3 Å². The summed E-state index contributed by atoms with van der Waals surface area (Å²) >= 11 is 0. The van der Waals surface area contributed by atoms with Crippen molar-refractivity contribution in [2.45, 2.75) is 52.4 Å². The molecule has 180 valence electrons. The largest absolute Gasteiger partial charge is 0.508 e. The molecule has 0 amide bonds. The summed E-state index contributed by atoms with van der Waals surface area (Å²) in [6, 6.07) is 25.9. The summed E-state index contributed by atoms with van der Waals surface area (Å²) in [6.07, 6.45) is 0. The van der Waals surface area contributed by atoms with E-state index >= 15 is 0 Å². The minimum absolute atomic E-state index is 0.231. The van der Waals surface area contributed by atoms with Gasteiger partial charge < -0.3 is 15.3 Å². The van der Waals surface area contributed by atoms with Crippen LogP contribution in [0.4, 0.5) is 0 Å². The number of benzene rings is 4. The van der Waals surface area contributed by atoms with Crippen molar-refractivity contribution in [1.29, 1.82) is 0 Å². The van der Waals surface area contributed by atoms with E-state index in [2.05, 4.69) is 57.2 Å². The maximum absolute atomic E-state index is 10.2. The Morgan fingerprint density at radius 3 is 1.43 bits per heavy atom. The lowest BCUT2D eigenvalue weighted by molar-refractivity contribution is 0.465. The van der Waals surface area contributed by atoms with Gasteiger partial charge in [-0.2, -0.15) is 0 Å². The number of aryl methyl sites for hydroxylation is 3. The average molecular weight is 467 g/mol. The molecule has 0 aliphatic carbocycles. The molecule has 4 aromatic rings. The van der Waals surface area contributed by atoms with Crippen LogP contribution >= 0.6 is 0 Å². The molecule has 3 N–H and O–H groups in total. The summed E-state index contributed by atoms with van der Waals surface area (Å²) in [5, 5.41) is 30.2. The third-order valence-corrected chi connectivity index (χ3v) is 7.62. The van der Waals surface area contributed by atoms with Crippen LogP contribution in [-0.2, 0) is 10.8 Å². The SMILES string of the molecule is Cc1cc(C(C)(c2ccc(O)cc2)c2ccc(C(C)(C)c3cc(C)c(O)c(C)c3)cc2)ccc1O. The smallest absolute Gasteiger partial charge is 0.121 e. The van der Waals surface area contributed by atoms with Crippen molar-refractivity contribution in [3.05, 3.63) is 123 Å². The molecule has 0 spiro atoms. The van der Waals surface area contributed by atoms with Crippen molar-refractivity contribution < 1.29 is 15.3 Å². The quantitative estimate of drug-likeness (QED) is 0.268. The molecule has 0 bridgehead atoms. The monoisotopic (exact) mass is 466 g/mol. The molecule has 4 rings (SSSR count). The lowest BCUT2D eigenvalue weighted by atomic mass is 9.69. The fourth-order valence-corrected chi connectivity index (χ4v) is 4.96. The van der Waals surface area contributed by atoms with E-state index in [1.54, 1.807) is 18.2 Å². The van der Waals surface area contributed by atoms with Crippen LogP contribution in [0, 0.1) is 20.8 Å². The number of aromatic hydroxyl groups is 3. The molecular weight excluding hydrogens is 432 g/mol. The molecule has 0 aromatic heterocycles. The van der Waals surface area contributed by atoms with Gasteiger partial charge >= 0.3 is 0 Å². The summed E-state index contributed by atoms with van der Waals surface area (Å²) < 4.78 is 0. The molecular formula is C32H34O3. The first-order chi connectivity index (χ1) is 16.4. The first kappa shape index (κ1) is 24.4. The van der Waals surface area contributed by atoms with Gasteiger partial charge in [-0.3, -0.25) is 0 Å². The van der Waals surface area contributed by atoms with E-state index in [9.17, 15) is 15.3 Å². The molecule has 3 nitrogen and oxygen atoms in total. The van der Waals surface area contributed by atoms with E-state index < -0.39 is 5.41 Å². The van der Waals surface area contributed by atoms with Gasteiger partial charge in [0.05, 0.1) is 0 Å². The van der Waals surface area contributed by atoms with Gasteiger partial charge in [0.15, 0.2) is 0 Å². The van der Waals surface area contributed by atoms with Crippen molar-refractivity contribution in [2.75, 3.05) is 0 Å². The molecule has 0 fully saturated rings. The zero-order chi connectivity index (χ0) is 25.5. The van der Waals surface area contributed by atoms with Crippen molar-refractivity contribution >= 4 is 0 Å². The highest BCUT2D eigenvalue weighted by Crippen LogP contribution is 2.42. The highest BCUT2D eigenvalue weighted by atomic mass is 16.3. The summed E-state index contributed by atoms with van der Waals surface area (Å²) in [5.74, 6) is 0.863. The van der Waals surface area contributed by atoms with Gasteiger partial charge in [0, 0.05) is 10.8 Å². The van der Waals surface area contributed by atoms with Crippen LogP contribution in [0.2, 0.25) is 0 Å². The van der Waals surface area contributed by atoms with Crippen molar-refractivity contribution in [3.8, 4) is 17.2 Å². The zero-order valence-corrected chi connectivity index (χ0v) is 21.3. The molecule has 4 aromatic carbocycles. The Morgan fingerprint density at radius 2 is 0.914 bits per heavy atom. The Bertz CT molecular complexity index is 1340. The Hall–Kier alpha value is -3.72. The van der Waals surface area contributed by atoms with Crippen LogP contribution < -0.4 is 0 Å². The number of hydrogen-bond donors (Lipinski definition) is 3. The van der Waals surface area contributed by atoms with Gasteiger partial charge in [0.1, 0.15) is 17.2 Å². The maximum atomic E-state index is 10.2. The predicted molar refractivity (Wildman–Crippen MR) is 143 cm³/mol. The summed E-state index contributed by atoms with van der Waals surface area (Å²) in [6.45, 7) is 12.4. The fourth-order valence-electron chi connectivity index (χ4n) is 4.96. The van der Waals surface area contributed by atoms with Crippen molar-refractivity contribution in [2.24, 2.45) is 0 Å². The van der Waals surface area contributed by atoms with E-state index in [0.29, 0.717) is 5.75 Å². The van der Waals surface area contributed by atoms with Crippen molar-refractivity contribution in [1.82, 2.24) is 0 Å². The Balaban J connectivity index is 1.83. The predicted octanol–water partition coefficient (Wildman–Crippen LogP) is 7.41. The van der Waals surface area contributed by atoms with E-state index in [0.717, 1.165) is 38.9 Å². The average Bonchev–Trinajstić information content (AvgIpc) is 2.84. The van der Waals surface area contributed by atoms with Gasteiger partial charge in [-0.1, -0.05) is 74.5 Å². The molecule has 1 unspecified atom stereocenters. The second-order valence-corrected chi connectivity index (χ2v) is 10.3. The number of rotatable bonds is 5. The maximum Gasteiger partial charge on any atom is 0.121 e. The summed E-state index contributed by atoms with van der Waals surface area (Å²) in [5.41, 5.74) is 7.43. The Labute approximate surface area is 208 Å². The highest BCUT2D eigenvalue weighted by molar-refractivity contribution is 5.54. The summed E-state index contributed by atoms with van der Waals surface area (Å²) in [4.78, 5) is 0. The van der Waals surface area contributed by atoms with Gasteiger partial charge in [-0.15, -0.1) is 0 Å². The van der Waals surface area contributed by atoms with Crippen LogP contribution in [0.5, 0.6) is 17.2 Å². The second kappa shape index (κ2) is 8.81. The van der Waals surface area contributed by atoms with Gasteiger partial charge in [0.25, 0.3) is 0 Å². The molecule has 0 aliphatic heterocycles. The Kier molecular flexibility index (Phi) is 6.14. The normalized spacial score (nSPS) is 13.4. The number of phenolic OH excluding ortho intramolecular Hbond substituents is 3. The number of hydrogen-bond acceptors (Lipinski definition) is 3. The van der Waals surface area contributed by atoms with E-state index in [1.807, 2.05) is 45.0 Å². The second-order valence-electron chi connectivity index (χ2n) is 10.3. The standard InChI is InChI=1S/C32H34O3/c1-20-17-26(13-16-29(20)34)32(6,25-11-14-28(33)15-12-25)24-9-7-23(8-10-24)31(4,5)27-18-21(2)30(35)22(3)19-27/h7-19,33-35H,1-6H3. The molecule has 35 heavy (non-hydrogen) atoms. The zero-order valence-electron chi connectivity index (χ0n) is 21.3. The molecule has 1 atom stereocenters. The van der Waals surface area contributed by atoms with Crippen molar-refractivity contribution in [3.63, 3.8) is 0 Å². The topological polar surface area (TPSA) is 60.7 Å². The van der Waals surface area contributed by atoms with Crippen LogP contribution in [-0.4, -0.2) is 15.3 Å². The lowest BCUT2D eigenvalue weighted by Crippen LogP contribution is -2.26.